The van der Waals surface area contributed by atoms with E-state index in [0.29, 0.717) is 23.6 Å². The summed E-state index contributed by atoms with van der Waals surface area (Å²) in [7, 11) is -2.99. The van der Waals surface area contributed by atoms with Gasteiger partial charge < -0.3 is 19.4 Å². The van der Waals surface area contributed by atoms with Gasteiger partial charge in [0.15, 0.2) is 11.4 Å². The molecule has 9 nitrogen and oxygen atoms in total. The number of carbonyl (C=O) groups excluding carboxylic acids is 1. The highest BCUT2D eigenvalue weighted by atomic mass is 35.5. The number of phosphoric acid groups is 1. The number of hydrogen-bond donors (Lipinski definition) is 2. The van der Waals surface area contributed by atoms with Crippen LogP contribution in [0.3, 0.4) is 0 Å². The van der Waals surface area contributed by atoms with Gasteiger partial charge in [-0.15, -0.1) is 0 Å². The van der Waals surface area contributed by atoms with E-state index in [0.717, 1.165) is 34.5 Å². The average molecular weight is 571 g/mol. The number of amides is 1. The molecule has 1 aromatic heterocycles. The summed E-state index contributed by atoms with van der Waals surface area (Å²) in [5, 5.41) is 0.670. The van der Waals surface area contributed by atoms with E-state index in [2.05, 4.69) is 22.8 Å². The summed E-state index contributed by atoms with van der Waals surface area (Å²) in [4.78, 5) is 33.1. The summed E-state index contributed by atoms with van der Waals surface area (Å²) in [6, 6.07) is 13.4. The minimum Gasteiger partial charge on any atom is -0.492 e. The Labute approximate surface area is 231 Å². The Hall–Kier alpha value is -3.20. The predicted molar refractivity (Wildman–Crippen MR) is 146 cm³/mol. The van der Waals surface area contributed by atoms with Crippen LogP contribution in [-0.4, -0.2) is 38.3 Å². The van der Waals surface area contributed by atoms with Crippen LogP contribution in [0.2, 0.25) is 5.02 Å². The van der Waals surface area contributed by atoms with Crippen LogP contribution >= 0.6 is 19.4 Å². The van der Waals surface area contributed by atoms with Crippen LogP contribution < -0.4 is 9.30 Å². The van der Waals surface area contributed by atoms with E-state index in [9.17, 15) is 9.36 Å². The summed E-state index contributed by atoms with van der Waals surface area (Å²) in [5.41, 5.74) is 4.69. The molecule has 39 heavy (non-hydrogen) atoms. The maximum atomic E-state index is 13.1. The first-order chi connectivity index (χ1) is 18.6. The minimum atomic E-state index is -4.59. The molecule has 0 spiro atoms. The van der Waals surface area contributed by atoms with Gasteiger partial charge in [0.05, 0.1) is 19.2 Å². The van der Waals surface area contributed by atoms with E-state index in [-0.39, 0.29) is 24.7 Å². The first kappa shape index (κ1) is 27.4. The lowest BCUT2D eigenvalue weighted by Crippen LogP contribution is -2.47. The van der Waals surface area contributed by atoms with Gasteiger partial charge in [-0.3, -0.25) is 4.79 Å². The third-order valence-corrected chi connectivity index (χ3v) is 7.81. The average Bonchev–Trinajstić information content (AvgIpc) is 3.29. The van der Waals surface area contributed by atoms with Crippen molar-refractivity contribution in [1.82, 2.24) is 9.47 Å². The number of halogens is 1. The van der Waals surface area contributed by atoms with Gasteiger partial charge in [0.2, 0.25) is 12.6 Å². The highest BCUT2D eigenvalue weighted by Gasteiger charge is 2.37. The highest BCUT2D eigenvalue weighted by molar-refractivity contribution is 7.46. The number of carbonyl (C=O) groups is 1. The van der Waals surface area contributed by atoms with Crippen molar-refractivity contribution in [1.29, 1.82) is 0 Å². The predicted octanol–water partition coefficient (Wildman–Crippen LogP) is 4.88. The topological polar surface area (TPSA) is 105 Å². The van der Waals surface area contributed by atoms with E-state index in [1.54, 1.807) is 18.0 Å². The van der Waals surface area contributed by atoms with Crippen molar-refractivity contribution in [2.75, 3.05) is 7.11 Å². The van der Waals surface area contributed by atoms with Gasteiger partial charge in [-0.1, -0.05) is 48.0 Å². The maximum absolute atomic E-state index is 13.1. The molecule has 0 radical (unpaired) electrons. The zero-order valence-corrected chi connectivity index (χ0v) is 23.3. The number of piperidine rings is 1. The molecular formula is C28H30ClN3O6P+. The molecule has 2 aliphatic rings. The third kappa shape index (κ3) is 6.03. The van der Waals surface area contributed by atoms with Crippen LogP contribution in [0.5, 0.6) is 5.75 Å². The van der Waals surface area contributed by atoms with Crippen LogP contribution in [0.15, 0.2) is 72.7 Å². The third-order valence-electron chi connectivity index (χ3n) is 7.11. The van der Waals surface area contributed by atoms with Crippen molar-refractivity contribution in [3.63, 3.8) is 0 Å². The molecule has 1 amide bonds. The lowest BCUT2D eigenvalue weighted by Gasteiger charge is -2.44. The van der Waals surface area contributed by atoms with Crippen LogP contribution in [0.25, 0.3) is 11.8 Å². The number of nitrogens with zero attached hydrogens (tertiary/aromatic N) is 3. The zero-order valence-electron chi connectivity index (χ0n) is 21.6. The SMILES string of the molecule is COc1cc(C=C2CCC(=O)N3[C@@H]2C=CC[C@H]3c2ccc(Cl)cc2)ccc1-[n+]1cc(C)n(COP(=O)(O)O)c1. The summed E-state index contributed by atoms with van der Waals surface area (Å²) in [5.74, 6) is 0.776. The molecule has 2 aromatic carbocycles. The largest absolute Gasteiger partial charge is 0.492 e. The van der Waals surface area contributed by atoms with Crippen molar-refractivity contribution in [2.45, 2.75) is 45.0 Å². The van der Waals surface area contributed by atoms with Gasteiger partial charge in [-0.25, -0.2) is 13.7 Å². The molecule has 0 unspecified atom stereocenters. The van der Waals surface area contributed by atoms with Gasteiger partial charge in [-0.05, 0) is 53.8 Å². The fourth-order valence-electron chi connectivity index (χ4n) is 5.20. The number of methoxy groups -OCH3 is 1. The van der Waals surface area contributed by atoms with Crippen LogP contribution in [0.4, 0.5) is 0 Å². The van der Waals surface area contributed by atoms with E-state index in [1.165, 1.54) is 0 Å². The number of aryl methyl sites for hydroxylation is 1. The molecule has 11 heteroatoms. The lowest BCUT2D eigenvalue weighted by atomic mass is 9.86. The van der Waals surface area contributed by atoms with Crippen LogP contribution in [0.1, 0.15) is 42.1 Å². The van der Waals surface area contributed by atoms with Gasteiger partial charge in [0.25, 0.3) is 6.33 Å². The molecule has 1 fully saturated rings. The summed E-state index contributed by atoms with van der Waals surface area (Å²) >= 11 is 6.09. The number of fused-ring (bicyclic) bond motifs is 1. The van der Waals surface area contributed by atoms with Crippen molar-refractivity contribution >= 4 is 31.4 Å². The Morgan fingerprint density at radius 2 is 1.95 bits per heavy atom. The highest BCUT2D eigenvalue weighted by Crippen LogP contribution is 2.39. The maximum Gasteiger partial charge on any atom is 0.472 e. The molecule has 3 aromatic rings. The Balaban J connectivity index is 1.42. The first-order valence-electron chi connectivity index (χ1n) is 12.5. The molecule has 2 N–H and O–H groups in total. The van der Waals surface area contributed by atoms with Gasteiger partial charge in [-0.2, -0.15) is 4.57 Å². The van der Waals surface area contributed by atoms with E-state index >= 15 is 0 Å². The second kappa shape index (κ2) is 11.1. The fourth-order valence-corrected chi connectivity index (χ4v) is 5.60. The summed E-state index contributed by atoms with van der Waals surface area (Å²) in [6.45, 7) is 1.53. The van der Waals surface area contributed by atoms with Gasteiger partial charge >= 0.3 is 7.82 Å². The Morgan fingerprint density at radius 1 is 1.18 bits per heavy atom. The number of aromatic nitrogens is 2. The molecule has 2 atom stereocenters. The monoisotopic (exact) mass is 570 g/mol. The van der Waals surface area contributed by atoms with Crippen molar-refractivity contribution < 1.29 is 33.0 Å². The molecule has 1 saturated heterocycles. The van der Waals surface area contributed by atoms with Crippen LogP contribution in [0, 0.1) is 6.92 Å². The smallest absolute Gasteiger partial charge is 0.472 e. The number of phosphoric ester groups is 1. The molecule has 5 rings (SSSR count). The number of hydrogen-bond acceptors (Lipinski definition) is 4. The molecule has 2 aliphatic heterocycles. The van der Waals surface area contributed by atoms with E-state index in [4.69, 9.17) is 26.1 Å². The minimum absolute atomic E-state index is 0.0383. The molecular weight excluding hydrogens is 541 g/mol. The Morgan fingerprint density at radius 3 is 2.67 bits per heavy atom. The summed E-state index contributed by atoms with van der Waals surface area (Å²) in [6.07, 6.45) is 11.8. The van der Waals surface area contributed by atoms with Gasteiger partial charge in [0.1, 0.15) is 11.9 Å². The molecule has 0 aliphatic carbocycles. The number of rotatable bonds is 7. The Kier molecular flexibility index (Phi) is 7.80. The van der Waals surface area contributed by atoms with E-state index in [1.807, 2.05) is 65.1 Å². The molecule has 204 valence electrons. The molecule has 0 bridgehead atoms. The number of imidazole rings is 1. The zero-order chi connectivity index (χ0) is 27.7. The molecule has 0 saturated carbocycles. The number of benzene rings is 2. The second-order valence-electron chi connectivity index (χ2n) is 9.64. The standard InChI is InChI=1S/C28H29ClN3O6P/c1-19-16-30(17-31(19)18-38-39(34,35)36)26-12-6-20(15-27(26)37-2)14-22-9-13-28(33)32-24(4-3-5-25(22)32)21-7-10-23(29)11-8-21/h3,5-8,10-12,14-17,24-25H,4,9,13,18H2,1-2H3,(H-,34,35,36)/p+1/t24-,25+/m0/s1. The van der Waals surface area contributed by atoms with Crippen LogP contribution in [-0.2, 0) is 20.6 Å². The van der Waals surface area contributed by atoms with Crippen molar-refractivity contribution in [2.24, 2.45) is 0 Å². The van der Waals surface area contributed by atoms with Crippen molar-refractivity contribution in [3.8, 4) is 11.4 Å². The normalized spacial score (nSPS) is 20.4. The lowest BCUT2D eigenvalue weighted by molar-refractivity contribution is -0.596. The number of ether oxygens (including phenoxy) is 1. The molecule has 3 heterocycles. The quantitative estimate of drug-likeness (QED) is 0.238. The second-order valence-corrected chi connectivity index (χ2v) is 11.3. The fraction of sp³-hybridized carbons (Fsp3) is 0.286. The Bertz CT molecular complexity index is 1490. The van der Waals surface area contributed by atoms with Crippen molar-refractivity contribution in [3.05, 3.63) is 94.6 Å². The van der Waals surface area contributed by atoms with Gasteiger partial charge in [0, 0.05) is 18.4 Å². The summed E-state index contributed by atoms with van der Waals surface area (Å²) < 4.78 is 24.8. The first-order valence-corrected chi connectivity index (χ1v) is 14.4. The van der Waals surface area contributed by atoms with E-state index < -0.39 is 7.82 Å².